The van der Waals surface area contributed by atoms with Gasteiger partial charge in [-0.05, 0) is 73.4 Å². The van der Waals surface area contributed by atoms with Gasteiger partial charge in [-0.1, -0.05) is 42.5 Å². The molecule has 2 aliphatic heterocycles. The number of aromatic nitrogens is 1. The Labute approximate surface area is 230 Å². The van der Waals surface area contributed by atoms with E-state index in [2.05, 4.69) is 6.92 Å². The predicted octanol–water partition coefficient (Wildman–Crippen LogP) is 6.21. The van der Waals surface area contributed by atoms with Gasteiger partial charge in [0.25, 0.3) is 5.78 Å². The number of Topliss-reactive ketones (excluding diaryl/α,β-unsaturated/α-hetero) is 1. The number of ether oxygens (including phenoxy) is 2. The second-order valence-corrected chi connectivity index (χ2v) is 10.8. The third kappa shape index (κ3) is 4.34. The molecule has 39 heavy (non-hydrogen) atoms. The van der Waals surface area contributed by atoms with Gasteiger partial charge in [-0.25, -0.2) is 4.98 Å². The molecule has 0 spiro atoms. The summed E-state index contributed by atoms with van der Waals surface area (Å²) >= 11 is 1.31. The van der Waals surface area contributed by atoms with Gasteiger partial charge >= 0.3 is 5.91 Å². The van der Waals surface area contributed by atoms with Gasteiger partial charge in [0.15, 0.2) is 5.13 Å². The van der Waals surface area contributed by atoms with Gasteiger partial charge in [0.2, 0.25) is 0 Å². The highest BCUT2D eigenvalue weighted by Gasteiger charge is 2.48. The number of ketones is 1. The lowest BCUT2D eigenvalue weighted by Crippen LogP contribution is -2.29. The summed E-state index contributed by atoms with van der Waals surface area (Å²) in [5.74, 6) is -0.182. The molecule has 6 rings (SSSR count). The third-order valence-corrected chi connectivity index (χ3v) is 8.20. The predicted molar refractivity (Wildman–Crippen MR) is 152 cm³/mol. The number of anilines is 1. The molecule has 7 nitrogen and oxygen atoms in total. The quantitative estimate of drug-likeness (QED) is 0.178. The standard InChI is InChI=1S/C31H28N2O5S/c1-4-18-6-8-19(9-7-18)27-26(28(34)20-10-13-24-21(15-20)14-17(3)38-24)29(35)30(36)33(27)31-32-23-12-11-22(37-5-2)16-25(23)39-31/h6-13,15-17,27,34H,4-5,14H2,1-3H3/b28-26+/t17-,27-/m1/s1. The Bertz CT molecular complexity index is 1640. The lowest BCUT2D eigenvalue weighted by molar-refractivity contribution is -0.132. The maximum absolute atomic E-state index is 13.6. The number of benzene rings is 3. The van der Waals surface area contributed by atoms with Crippen molar-refractivity contribution in [1.29, 1.82) is 0 Å². The Hall–Kier alpha value is -4.17. The number of hydrogen-bond acceptors (Lipinski definition) is 7. The van der Waals surface area contributed by atoms with Gasteiger partial charge in [-0.2, -0.15) is 0 Å². The lowest BCUT2D eigenvalue weighted by Gasteiger charge is -2.23. The second-order valence-electron chi connectivity index (χ2n) is 9.78. The van der Waals surface area contributed by atoms with Crippen molar-refractivity contribution in [3.63, 3.8) is 0 Å². The number of thiazole rings is 1. The number of carbonyl (C=O) groups is 2. The van der Waals surface area contributed by atoms with E-state index < -0.39 is 17.7 Å². The Morgan fingerprint density at radius 3 is 2.64 bits per heavy atom. The lowest BCUT2D eigenvalue weighted by atomic mass is 9.94. The number of aliphatic hydroxyl groups is 1. The van der Waals surface area contributed by atoms with Crippen molar-refractivity contribution >= 4 is 44.1 Å². The monoisotopic (exact) mass is 540 g/mol. The molecule has 0 saturated carbocycles. The largest absolute Gasteiger partial charge is 0.507 e. The molecule has 1 aromatic heterocycles. The van der Waals surface area contributed by atoms with E-state index in [0.29, 0.717) is 35.0 Å². The van der Waals surface area contributed by atoms with Crippen molar-refractivity contribution in [3.8, 4) is 11.5 Å². The zero-order valence-electron chi connectivity index (χ0n) is 21.9. The van der Waals surface area contributed by atoms with Gasteiger partial charge in [0.05, 0.1) is 28.4 Å². The van der Waals surface area contributed by atoms with Crippen LogP contribution in [0.25, 0.3) is 16.0 Å². The van der Waals surface area contributed by atoms with Crippen LogP contribution in [-0.4, -0.2) is 34.5 Å². The Morgan fingerprint density at radius 1 is 1.10 bits per heavy atom. The van der Waals surface area contributed by atoms with E-state index in [9.17, 15) is 14.7 Å². The van der Waals surface area contributed by atoms with Crippen LogP contribution in [0.2, 0.25) is 0 Å². The topological polar surface area (TPSA) is 89.0 Å². The second kappa shape index (κ2) is 9.85. The number of amides is 1. The number of carbonyl (C=O) groups excluding carboxylic acids is 2. The van der Waals surface area contributed by atoms with Crippen LogP contribution < -0.4 is 14.4 Å². The fourth-order valence-corrected chi connectivity index (χ4v) is 6.28. The molecule has 2 atom stereocenters. The first-order chi connectivity index (χ1) is 18.9. The molecule has 8 heteroatoms. The number of fused-ring (bicyclic) bond motifs is 2. The van der Waals surface area contributed by atoms with Crippen LogP contribution in [0.1, 0.15) is 49.1 Å². The maximum atomic E-state index is 13.6. The molecule has 0 aliphatic carbocycles. The highest BCUT2D eigenvalue weighted by molar-refractivity contribution is 7.22. The highest BCUT2D eigenvalue weighted by Crippen LogP contribution is 2.45. The number of nitrogens with zero attached hydrogens (tertiary/aromatic N) is 2. The minimum atomic E-state index is -0.828. The van der Waals surface area contributed by atoms with Crippen LogP contribution in [0, 0.1) is 0 Å². The zero-order chi connectivity index (χ0) is 27.3. The van der Waals surface area contributed by atoms with Gasteiger partial charge in [0, 0.05) is 12.0 Å². The molecule has 4 aromatic rings. The van der Waals surface area contributed by atoms with E-state index in [4.69, 9.17) is 14.5 Å². The molecule has 3 heterocycles. The fraction of sp³-hybridized carbons (Fsp3) is 0.258. The van der Waals surface area contributed by atoms with Gasteiger partial charge in [-0.15, -0.1) is 0 Å². The van der Waals surface area contributed by atoms with E-state index in [0.717, 1.165) is 33.6 Å². The number of aliphatic hydroxyl groups excluding tert-OH is 1. The minimum Gasteiger partial charge on any atom is -0.507 e. The number of aryl methyl sites for hydroxylation is 1. The number of hydrogen-bond donors (Lipinski definition) is 1. The van der Waals surface area contributed by atoms with Crippen molar-refractivity contribution < 1.29 is 24.2 Å². The first kappa shape index (κ1) is 25.1. The SMILES string of the molecule is CCOc1ccc2nc(N3C(=O)C(=O)/C(=C(/O)c4ccc5c(c4)C[C@@H](C)O5)[C@H]3c3ccc(CC)cc3)sc2c1. The minimum absolute atomic E-state index is 0.0438. The van der Waals surface area contributed by atoms with Gasteiger partial charge < -0.3 is 14.6 Å². The summed E-state index contributed by atoms with van der Waals surface area (Å²) in [7, 11) is 0. The van der Waals surface area contributed by atoms with Crippen LogP contribution in [0.3, 0.4) is 0 Å². The molecule has 1 amide bonds. The number of rotatable bonds is 6. The molecule has 0 radical (unpaired) electrons. The first-order valence-electron chi connectivity index (χ1n) is 13.1. The smallest absolute Gasteiger partial charge is 0.301 e. The summed E-state index contributed by atoms with van der Waals surface area (Å²) < 4.78 is 12.3. The summed E-state index contributed by atoms with van der Waals surface area (Å²) in [4.78, 5) is 33.3. The zero-order valence-corrected chi connectivity index (χ0v) is 22.7. The maximum Gasteiger partial charge on any atom is 0.301 e. The Balaban J connectivity index is 1.50. The average molecular weight is 541 g/mol. The Kier molecular flexibility index (Phi) is 6.35. The Morgan fingerprint density at radius 2 is 1.90 bits per heavy atom. The molecule has 198 valence electrons. The van der Waals surface area contributed by atoms with E-state index >= 15 is 0 Å². The normalized spacial score (nSPS) is 19.9. The van der Waals surface area contributed by atoms with Crippen LogP contribution in [-0.2, 0) is 22.4 Å². The molecule has 0 unspecified atom stereocenters. The van der Waals surface area contributed by atoms with Crippen molar-refractivity contribution in [3.05, 3.63) is 88.5 Å². The van der Waals surface area contributed by atoms with Gasteiger partial charge in [0.1, 0.15) is 23.4 Å². The van der Waals surface area contributed by atoms with E-state index in [-0.39, 0.29) is 17.4 Å². The van der Waals surface area contributed by atoms with Crippen LogP contribution in [0.5, 0.6) is 11.5 Å². The van der Waals surface area contributed by atoms with Crippen molar-refractivity contribution in [2.75, 3.05) is 11.5 Å². The third-order valence-electron chi connectivity index (χ3n) is 7.18. The molecular formula is C31H28N2O5S. The van der Waals surface area contributed by atoms with Gasteiger partial charge in [-0.3, -0.25) is 14.5 Å². The van der Waals surface area contributed by atoms with Crippen LogP contribution in [0.4, 0.5) is 5.13 Å². The summed E-state index contributed by atoms with van der Waals surface area (Å²) in [6, 6.07) is 17.9. The van der Waals surface area contributed by atoms with Crippen LogP contribution >= 0.6 is 11.3 Å². The molecule has 2 aliphatic rings. The molecule has 1 saturated heterocycles. The van der Waals surface area contributed by atoms with Crippen LogP contribution in [0.15, 0.2) is 66.2 Å². The summed E-state index contributed by atoms with van der Waals surface area (Å²) in [6.07, 6.45) is 1.61. The summed E-state index contributed by atoms with van der Waals surface area (Å²) in [5.41, 5.74) is 4.04. The van der Waals surface area contributed by atoms with E-state index in [1.54, 1.807) is 12.1 Å². The van der Waals surface area contributed by atoms with Crippen molar-refractivity contribution in [2.45, 2.75) is 45.8 Å². The molecule has 1 fully saturated rings. The van der Waals surface area contributed by atoms with E-state index in [1.807, 2.05) is 62.4 Å². The average Bonchev–Trinajstić information content (AvgIpc) is 3.60. The van der Waals surface area contributed by atoms with E-state index in [1.165, 1.54) is 16.2 Å². The first-order valence-corrected chi connectivity index (χ1v) is 13.9. The van der Waals surface area contributed by atoms with Crippen molar-refractivity contribution in [2.24, 2.45) is 0 Å². The molecule has 0 bridgehead atoms. The van der Waals surface area contributed by atoms with Crippen molar-refractivity contribution in [1.82, 2.24) is 4.98 Å². The highest BCUT2D eigenvalue weighted by atomic mass is 32.1. The summed E-state index contributed by atoms with van der Waals surface area (Å²) in [6.45, 7) is 6.50. The molecular weight excluding hydrogens is 512 g/mol. The molecule has 3 aromatic carbocycles. The summed E-state index contributed by atoms with van der Waals surface area (Å²) in [5, 5.41) is 11.9. The molecule has 1 N–H and O–H groups in total. The fourth-order valence-electron chi connectivity index (χ4n) is 5.26.